The van der Waals surface area contributed by atoms with E-state index in [1.165, 1.54) is 23.1 Å². The van der Waals surface area contributed by atoms with Crippen molar-refractivity contribution >= 4 is 5.91 Å². The van der Waals surface area contributed by atoms with Crippen molar-refractivity contribution in [3.8, 4) is 5.75 Å². The van der Waals surface area contributed by atoms with E-state index in [0.717, 1.165) is 0 Å². The molecule has 1 N–H and O–H groups in total. The summed E-state index contributed by atoms with van der Waals surface area (Å²) in [5.74, 6) is -0.0646. The fraction of sp³-hybridized carbons (Fsp3) is 0.467. The summed E-state index contributed by atoms with van der Waals surface area (Å²) < 4.78 is 26.0. The van der Waals surface area contributed by atoms with Gasteiger partial charge in [0.05, 0.1) is 25.8 Å². The van der Waals surface area contributed by atoms with E-state index in [-0.39, 0.29) is 30.3 Å². The zero-order valence-corrected chi connectivity index (χ0v) is 13.0. The zero-order chi connectivity index (χ0) is 16.8. The molecule has 0 saturated carbocycles. The molecule has 2 aromatic rings. The van der Waals surface area contributed by atoms with E-state index in [1.54, 1.807) is 12.1 Å². The number of aryl methyl sites for hydroxylation is 1. The van der Waals surface area contributed by atoms with Crippen molar-refractivity contribution in [3.05, 3.63) is 36.4 Å². The minimum atomic E-state index is -0.360. The molecule has 3 rings (SSSR count). The van der Waals surface area contributed by atoms with E-state index < -0.39 is 0 Å². The maximum absolute atomic E-state index is 13.3. The molecule has 0 bridgehead atoms. The zero-order valence-electron chi connectivity index (χ0n) is 13.0. The molecule has 2 atom stereocenters. The van der Waals surface area contributed by atoms with Crippen molar-refractivity contribution in [1.82, 2.24) is 25.5 Å². The fourth-order valence-corrected chi connectivity index (χ4v) is 2.49. The SMILES string of the molecule is O=C(CCn1cnnn1)N[C@@H]1COCC[C@@H]1Oc1cccc(F)c1. The van der Waals surface area contributed by atoms with Gasteiger partial charge in [-0.25, -0.2) is 9.07 Å². The molecule has 1 saturated heterocycles. The number of hydrogen-bond acceptors (Lipinski definition) is 6. The fourth-order valence-electron chi connectivity index (χ4n) is 2.49. The second-order valence-corrected chi connectivity index (χ2v) is 5.47. The average molecular weight is 335 g/mol. The molecule has 9 heteroatoms. The lowest BCUT2D eigenvalue weighted by atomic mass is 10.1. The highest BCUT2D eigenvalue weighted by molar-refractivity contribution is 5.76. The maximum Gasteiger partial charge on any atom is 0.222 e. The first kappa shape index (κ1) is 16.3. The lowest BCUT2D eigenvalue weighted by Crippen LogP contribution is -2.51. The summed E-state index contributed by atoms with van der Waals surface area (Å²) in [4.78, 5) is 12.1. The molecule has 1 fully saturated rings. The summed E-state index contributed by atoms with van der Waals surface area (Å²) in [6, 6.07) is 5.67. The molecule has 0 spiro atoms. The molecule has 1 aliphatic heterocycles. The van der Waals surface area contributed by atoms with Gasteiger partial charge in [-0.05, 0) is 22.6 Å². The molecular weight excluding hydrogens is 317 g/mol. The number of benzene rings is 1. The minimum Gasteiger partial charge on any atom is -0.488 e. The Morgan fingerprint density at radius 1 is 1.50 bits per heavy atom. The molecular formula is C15H18FN5O3. The highest BCUT2D eigenvalue weighted by Crippen LogP contribution is 2.19. The van der Waals surface area contributed by atoms with Crippen LogP contribution in [-0.4, -0.2) is 51.5 Å². The number of ether oxygens (including phenoxy) is 2. The van der Waals surface area contributed by atoms with Crippen molar-refractivity contribution < 1.29 is 18.7 Å². The van der Waals surface area contributed by atoms with Crippen LogP contribution in [0, 0.1) is 5.82 Å². The number of rotatable bonds is 6. The first-order chi connectivity index (χ1) is 11.7. The Hall–Kier alpha value is -2.55. The van der Waals surface area contributed by atoms with Gasteiger partial charge in [-0.15, -0.1) is 5.10 Å². The first-order valence-corrected chi connectivity index (χ1v) is 7.71. The summed E-state index contributed by atoms with van der Waals surface area (Å²) in [6.45, 7) is 1.29. The van der Waals surface area contributed by atoms with Crippen LogP contribution in [0.25, 0.3) is 0 Å². The maximum atomic E-state index is 13.3. The summed E-state index contributed by atoms with van der Waals surface area (Å²) in [5.41, 5.74) is 0. The van der Waals surface area contributed by atoms with Crippen LogP contribution in [0.4, 0.5) is 4.39 Å². The molecule has 1 aliphatic rings. The standard InChI is InChI=1S/C15H18FN5O3/c16-11-2-1-3-12(8-11)24-14-5-7-23-9-13(14)18-15(22)4-6-21-10-17-19-20-21/h1-3,8,10,13-14H,4-7,9H2,(H,18,22)/t13-,14+/m1/s1. The molecule has 1 amide bonds. The van der Waals surface area contributed by atoms with E-state index in [0.29, 0.717) is 31.9 Å². The lowest BCUT2D eigenvalue weighted by Gasteiger charge is -2.32. The highest BCUT2D eigenvalue weighted by Gasteiger charge is 2.29. The molecule has 2 heterocycles. The highest BCUT2D eigenvalue weighted by atomic mass is 19.1. The predicted molar refractivity (Wildman–Crippen MR) is 80.6 cm³/mol. The Bertz CT molecular complexity index is 667. The second-order valence-electron chi connectivity index (χ2n) is 5.47. The summed E-state index contributed by atoms with van der Waals surface area (Å²) in [6.07, 6.45) is 2.05. The van der Waals surface area contributed by atoms with Gasteiger partial charge in [0.1, 0.15) is 24.0 Å². The van der Waals surface area contributed by atoms with Crippen LogP contribution in [-0.2, 0) is 16.1 Å². The number of carbonyl (C=O) groups excluding carboxylic acids is 1. The van der Waals surface area contributed by atoms with Crippen LogP contribution in [0.15, 0.2) is 30.6 Å². The molecule has 1 aromatic heterocycles. The number of hydrogen-bond donors (Lipinski definition) is 1. The van der Waals surface area contributed by atoms with E-state index >= 15 is 0 Å². The third-order valence-electron chi connectivity index (χ3n) is 3.68. The van der Waals surface area contributed by atoms with E-state index in [4.69, 9.17) is 9.47 Å². The van der Waals surface area contributed by atoms with Gasteiger partial charge in [0, 0.05) is 18.9 Å². The summed E-state index contributed by atoms with van der Waals surface area (Å²) in [7, 11) is 0. The quantitative estimate of drug-likeness (QED) is 0.829. The summed E-state index contributed by atoms with van der Waals surface area (Å²) in [5, 5.41) is 13.6. The van der Waals surface area contributed by atoms with Crippen LogP contribution < -0.4 is 10.1 Å². The van der Waals surface area contributed by atoms with Crippen molar-refractivity contribution in [2.45, 2.75) is 31.5 Å². The van der Waals surface area contributed by atoms with E-state index in [1.807, 2.05) is 0 Å². The Morgan fingerprint density at radius 2 is 2.42 bits per heavy atom. The Labute approximate surface area is 137 Å². The third kappa shape index (κ3) is 4.48. The number of amides is 1. The Balaban J connectivity index is 1.54. The van der Waals surface area contributed by atoms with Crippen molar-refractivity contribution in [2.24, 2.45) is 0 Å². The van der Waals surface area contributed by atoms with Gasteiger partial charge in [-0.3, -0.25) is 4.79 Å². The van der Waals surface area contributed by atoms with Crippen LogP contribution in [0.1, 0.15) is 12.8 Å². The Kier molecular flexibility index (Phi) is 5.32. The largest absolute Gasteiger partial charge is 0.488 e. The molecule has 128 valence electrons. The molecule has 0 aliphatic carbocycles. The van der Waals surface area contributed by atoms with Gasteiger partial charge in [-0.2, -0.15) is 0 Å². The number of nitrogens with zero attached hydrogens (tertiary/aromatic N) is 4. The van der Waals surface area contributed by atoms with Gasteiger partial charge in [0.25, 0.3) is 0 Å². The molecule has 24 heavy (non-hydrogen) atoms. The number of aromatic nitrogens is 4. The third-order valence-corrected chi connectivity index (χ3v) is 3.68. The van der Waals surface area contributed by atoms with Gasteiger partial charge in [0.2, 0.25) is 5.91 Å². The van der Waals surface area contributed by atoms with Crippen molar-refractivity contribution in [2.75, 3.05) is 13.2 Å². The van der Waals surface area contributed by atoms with Gasteiger partial charge in [-0.1, -0.05) is 6.07 Å². The Morgan fingerprint density at radius 3 is 3.21 bits per heavy atom. The molecule has 1 aromatic carbocycles. The van der Waals surface area contributed by atoms with Crippen LogP contribution in [0.2, 0.25) is 0 Å². The number of halogens is 1. The molecule has 8 nitrogen and oxygen atoms in total. The molecule has 0 radical (unpaired) electrons. The van der Waals surface area contributed by atoms with E-state index in [9.17, 15) is 9.18 Å². The second kappa shape index (κ2) is 7.82. The average Bonchev–Trinajstić information content (AvgIpc) is 3.08. The van der Waals surface area contributed by atoms with Gasteiger partial charge in [0.15, 0.2) is 0 Å². The van der Waals surface area contributed by atoms with Crippen molar-refractivity contribution in [1.29, 1.82) is 0 Å². The van der Waals surface area contributed by atoms with Gasteiger partial charge >= 0.3 is 0 Å². The number of nitrogens with one attached hydrogen (secondary N) is 1. The first-order valence-electron chi connectivity index (χ1n) is 7.71. The van der Waals surface area contributed by atoms with Crippen LogP contribution >= 0.6 is 0 Å². The smallest absolute Gasteiger partial charge is 0.222 e. The van der Waals surface area contributed by atoms with E-state index in [2.05, 4.69) is 20.8 Å². The molecule has 0 unspecified atom stereocenters. The monoisotopic (exact) mass is 335 g/mol. The topological polar surface area (TPSA) is 91.2 Å². The summed E-state index contributed by atoms with van der Waals surface area (Å²) >= 11 is 0. The van der Waals surface area contributed by atoms with Crippen LogP contribution in [0.5, 0.6) is 5.75 Å². The van der Waals surface area contributed by atoms with Gasteiger partial charge < -0.3 is 14.8 Å². The van der Waals surface area contributed by atoms with Crippen LogP contribution in [0.3, 0.4) is 0 Å². The lowest BCUT2D eigenvalue weighted by molar-refractivity contribution is -0.124. The minimum absolute atomic E-state index is 0.145. The normalized spacial score (nSPS) is 20.5. The number of tetrazole rings is 1. The number of carbonyl (C=O) groups is 1. The van der Waals surface area contributed by atoms with Crippen molar-refractivity contribution in [3.63, 3.8) is 0 Å². The predicted octanol–water partition coefficient (Wildman–Crippen LogP) is 0.555.